The Bertz CT molecular complexity index is 575. The molecule has 0 saturated carbocycles. The molecule has 0 aliphatic heterocycles. The monoisotopic (exact) mass is 304 g/mol. The van der Waals surface area contributed by atoms with Crippen molar-refractivity contribution in [2.24, 2.45) is 0 Å². The smallest absolute Gasteiger partial charge is 0.145 e. The van der Waals surface area contributed by atoms with Crippen molar-refractivity contribution in [3.63, 3.8) is 0 Å². The highest BCUT2D eigenvalue weighted by molar-refractivity contribution is 6.35. The molecule has 0 bridgehead atoms. The number of rotatable bonds is 3. The molecule has 0 amide bonds. The van der Waals surface area contributed by atoms with Gasteiger partial charge in [-0.25, -0.2) is 9.37 Å². The summed E-state index contributed by atoms with van der Waals surface area (Å²) >= 11 is 17.4. The second-order valence-electron chi connectivity index (χ2n) is 3.59. The van der Waals surface area contributed by atoms with Gasteiger partial charge in [-0.05, 0) is 23.8 Å². The lowest BCUT2D eigenvalue weighted by Gasteiger charge is -2.08. The predicted octanol–water partition coefficient (Wildman–Crippen LogP) is 4.79. The lowest BCUT2D eigenvalue weighted by atomic mass is 10.2. The first-order valence-corrected chi connectivity index (χ1v) is 6.18. The maximum absolute atomic E-state index is 13.0. The molecule has 1 heterocycles. The van der Waals surface area contributed by atoms with E-state index in [1.165, 1.54) is 12.3 Å². The third-order valence-corrected chi connectivity index (χ3v) is 3.04. The Kier molecular flexibility index (Phi) is 4.27. The molecule has 1 N–H and O–H groups in total. The molecule has 0 atom stereocenters. The molecular weight excluding hydrogens is 298 g/mol. The number of hydrogen-bond acceptors (Lipinski definition) is 2. The summed E-state index contributed by atoms with van der Waals surface area (Å²) in [5.74, 6) is 0.0737. The first-order chi connectivity index (χ1) is 8.56. The van der Waals surface area contributed by atoms with E-state index in [0.717, 1.165) is 5.56 Å². The van der Waals surface area contributed by atoms with Crippen molar-refractivity contribution in [3.8, 4) is 0 Å². The number of nitrogens with one attached hydrogen (secondary N) is 1. The summed E-state index contributed by atoms with van der Waals surface area (Å²) in [6.45, 7) is 0.439. The van der Waals surface area contributed by atoms with Gasteiger partial charge in [0.2, 0.25) is 0 Å². The van der Waals surface area contributed by atoms with Gasteiger partial charge in [-0.2, -0.15) is 0 Å². The zero-order valence-electron chi connectivity index (χ0n) is 9.05. The Morgan fingerprint density at radius 1 is 1.11 bits per heavy atom. The van der Waals surface area contributed by atoms with Crippen LogP contribution in [-0.4, -0.2) is 4.98 Å². The van der Waals surface area contributed by atoms with E-state index in [2.05, 4.69) is 10.3 Å². The van der Waals surface area contributed by atoms with Gasteiger partial charge in [-0.15, -0.1) is 0 Å². The van der Waals surface area contributed by atoms with Crippen molar-refractivity contribution >= 4 is 40.6 Å². The average Bonchev–Trinajstić information content (AvgIpc) is 2.32. The lowest BCUT2D eigenvalue weighted by molar-refractivity contribution is 0.627. The summed E-state index contributed by atoms with van der Waals surface area (Å²) in [7, 11) is 0. The molecule has 1 aromatic carbocycles. The summed E-state index contributed by atoms with van der Waals surface area (Å²) < 4.78 is 13.0. The van der Waals surface area contributed by atoms with Gasteiger partial charge in [0.15, 0.2) is 0 Å². The highest BCUT2D eigenvalue weighted by atomic mass is 35.5. The van der Waals surface area contributed by atoms with E-state index in [0.29, 0.717) is 22.4 Å². The van der Waals surface area contributed by atoms with Gasteiger partial charge in [0, 0.05) is 12.7 Å². The number of anilines is 1. The largest absolute Gasteiger partial charge is 0.365 e. The van der Waals surface area contributed by atoms with Crippen LogP contribution in [0.4, 0.5) is 10.2 Å². The van der Waals surface area contributed by atoms with E-state index in [-0.39, 0.29) is 5.02 Å². The number of benzene rings is 1. The van der Waals surface area contributed by atoms with Crippen LogP contribution >= 0.6 is 34.8 Å². The van der Waals surface area contributed by atoms with Crippen molar-refractivity contribution in [1.82, 2.24) is 4.98 Å². The second kappa shape index (κ2) is 5.74. The maximum atomic E-state index is 13.0. The van der Waals surface area contributed by atoms with Crippen molar-refractivity contribution in [3.05, 3.63) is 56.9 Å². The third kappa shape index (κ3) is 3.25. The molecule has 0 unspecified atom stereocenters. The van der Waals surface area contributed by atoms with Crippen LogP contribution in [0.5, 0.6) is 0 Å². The fourth-order valence-electron chi connectivity index (χ4n) is 1.38. The molecule has 18 heavy (non-hydrogen) atoms. The molecule has 0 radical (unpaired) electrons. The van der Waals surface area contributed by atoms with Gasteiger partial charge in [-0.1, -0.05) is 40.9 Å². The molecule has 0 saturated heterocycles. The Labute approximate surface area is 119 Å². The van der Waals surface area contributed by atoms with Crippen LogP contribution in [0.3, 0.4) is 0 Å². The average molecular weight is 306 g/mol. The minimum absolute atomic E-state index is 0.0875. The maximum Gasteiger partial charge on any atom is 0.145 e. The van der Waals surface area contributed by atoms with E-state index in [9.17, 15) is 4.39 Å². The minimum atomic E-state index is -0.442. The van der Waals surface area contributed by atoms with E-state index < -0.39 is 5.82 Å². The van der Waals surface area contributed by atoms with E-state index in [1.807, 2.05) is 0 Å². The lowest BCUT2D eigenvalue weighted by Crippen LogP contribution is -2.02. The number of aromatic nitrogens is 1. The fraction of sp³-hybridized carbons (Fsp3) is 0.0833. The van der Waals surface area contributed by atoms with Crippen molar-refractivity contribution < 1.29 is 4.39 Å². The number of nitrogens with zero attached hydrogens (tertiary/aromatic N) is 1. The summed E-state index contributed by atoms with van der Waals surface area (Å²) in [4.78, 5) is 4.05. The van der Waals surface area contributed by atoms with Crippen LogP contribution < -0.4 is 5.32 Å². The third-order valence-electron chi connectivity index (χ3n) is 2.25. The summed E-state index contributed by atoms with van der Waals surface area (Å²) in [5, 5.41) is 4.00. The van der Waals surface area contributed by atoms with E-state index in [1.54, 1.807) is 18.2 Å². The first kappa shape index (κ1) is 13.4. The van der Waals surface area contributed by atoms with Gasteiger partial charge in [0.25, 0.3) is 0 Å². The summed E-state index contributed by atoms with van der Waals surface area (Å²) in [5.41, 5.74) is 0.828. The highest BCUT2D eigenvalue weighted by Crippen LogP contribution is 2.23. The van der Waals surface area contributed by atoms with Gasteiger partial charge < -0.3 is 5.32 Å². The quantitative estimate of drug-likeness (QED) is 0.881. The molecule has 1 aromatic heterocycles. The van der Waals surface area contributed by atoms with Crippen LogP contribution in [0.2, 0.25) is 15.1 Å². The van der Waals surface area contributed by atoms with Crippen LogP contribution in [0, 0.1) is 5.82 Å². The van der Waals surface area contributed by atoms with E-state index >= 15 is 0 Å². The molecule has 2 aromatic rings. The topological polar surface area (TPSA) is 24.9 Å². The van der Waals surface area contributed by atoms with Crippen LogP contribution in [0.15, 0.2) is 30.5 Å². The predicted molar refractivity (Wildman–Crippen MR) is 73.0 cm³/mol. The summed E-state index contributed by atoms with van der Waals surface area (Å²) in [6, 6.07) is 6.10. The molecule has 0 fully saturated rings. The van der Waals surface area contributed by atoms with Crippen molar-refractivity contribution in [2.75, 3.05) is 5.32 Å². The van der Waals surface area contributed by atoms with E-state index in [4.69, 9.17) is 34.8 Å². The Hall–Kier alpha value is -1.03. The van der Waals surface area contributed by atoms with Crippen LogP contribution in [-0.2, 0) is 6.54 Å². The van der Waals surface area contributed by atoms with Crippen molar-refractivity contribution in [2.45, 2.75) is 6.54 Å². The van der Waals surface area contributed by atoms with Gasteiger partial charge in [0.1, 0.15) is 11.6 Å². The van der Waals surface area contributed by atoms with Crippen LogP contribution in [0.25, 0.3) is 0 Å². The zero-order chi connectivity index (χ0) is 13.1. The van der Waals surface area contributed by atoms with Gasteiger partial charge in [0.05, 0.1) is 15.1 Å². The fourth-order valence-corrected chi connectivity index (χ4v) is 2.03. The Morgan fingerprint density at radius 3 is 2.56 bits per heavy atom. The molecule has 2 nitrogen and oxygen atoms in total. The Morgan fingerprint density at radius 2 is 1.89 bits per heavy atom. The number of hydrogen-bond donors (Lipinski definition) is 1. The Balaban J connectivity index is 2.09. The highest BCUT2D eigenvalue weighted by Gasteiger charge is 2.04. The number of halogens is 4. The minimum Gasteiger partial charge on any atom is -0.365 e. The molecular formula is C12H8Cl3FN2. The standard InChI is InChI=1S/C12H8Cl3FN2/c13-8-4-10(15)12(18-6-8)17-5-7-1-2-11(16)9(14)3-7/h1-4,6H,5H2,(H,17,18). The molecule has 0 aliphatic rings. The molecule has 6 heteroatoms. The normalized spacial score (nSPS) is 10.4. The van der Waals surface area contributed by atoms with Gasteiger partial charge >= 0.3 is 0 Å². The molecule has 0 spiro atoms. The first-order valence-electron chi connectivity index (χ1n) is 5.05. The van der Waals surface area contributed by atoms with Gasteiger partial charge in [-0.3, -0.25) is 0 Å². The summed E-state index contributed by atoms with van der Waals surface area (Å²) in [6.07, 6.45) is 1.49. The molecule has 0 aliphatic carbocycles. The van der Waals surface area contributed by atoms with Crippen molar-refractivity contribution in [1.29, 1.82) is 0 Å². The molecule has 94 valence electrons. The second-order valence-corrected chi connectivity index (χ2v) is 4.84. The van der Waals surface area contributed by atoms with Crippen LogP contribution in [0.1, 0.15) is 5.56 Å². The SMILES string of the molecule is Fc1ccc(CNc2ncc(Cl)cc2Cl)cc1Cl. The zero-order valence-corrected chi connectivity index (χ0v) is 11.3. The number of pyridine rings is 1. The molecule has 2 rings (SSSR count).